The van der Waals surface area contributed by atoms with Crippen LogP contribution in [0.3, 0.4) is 0 Å². The molecule has 0 spiro atoms. The number of piperidine rings is 1. The molecule has 4 aromatic rings. The predicted molar refractivity (Wildman–Crippen MR) is 134 cm³/mol. The Kier molecular flexibility index (Phi) is 6.04. The van der Waals surface area contributed by atoms with E-state index in [1.807, 2.05) is 49.3 Å². The minimum atomic E-state index is 0.0158. The van der Waals surface area contributed by atoms with Gasteiger partial charge < -0.3 is 14.6 Å². The first-order chi connectivity index (χ1) is 16.4. The van der Waals surface area contributed by atoms with Gasteiger partial charge >= 0.3 is 0 Å². The van der Waals surface area contributed by atoms with E-state index >= 15 is 0 Å². The highest BCUT2D eigenvalue weighted by molar-refractivity contribution is 6.31. The number of oxazole rings is 1. The van der Waals surface area contributed by atoms with E-state index in [1.165, 1.54) is 0 Å². The van der Waals surface area contributed by atoms with Gasteiger partial charge in [0.15, 0.2) is 5.58 Å². The van der Waals surface area contributed by atoms with Crippen molar-refractivity contribution in [2.45, 2.75) is 32.7 Å². The number of halogens is 1. The van der Waals surface area contributed by atoms with Crippen molar-refractivity contribution in [1.29, 1.82) is 0 Å². The van der Waals surface area contributed by atoms with Crippen LogP contribution in [0.1, 0.15) is 35.7 Å². The molecule has 0 aliphatic carbocycles. The van der Waals surface area contributed by atoms with Gasteiger partial charge in [0.25, 0.3) is 11.9 Å². The zero-order chi connectivity index (χ0) is 23.8. The molecule has 0 saturated carbocycles. The molecule has 2 aromatic carbocycles. The molecule has 176 valence electrons. The maximum atomic E-state index is 13.9. The molecule has 1 N–H and O–H groups in total. The van der Waals surface area contributed by atoms with Crippen LogP contribution < -0.4 is 5.32 Å². The minimum absolute atomic E-state index is 0.0158. The van der Waals surface area contributed by atoms with Crippen LogP contribution in [-0.2, 0) is 7.05 Å². The van der Waals surface area contributed by atoms with Crippen molar-refractivity contribution < 1.29 is 9.21 Å². The maximum absolute atomic E-state index is 13.9. The fraction of sp³-hybridized carbons (Fsp3) is 0.346. The van der Waals surface area contributed by atoms with E-state index in [1.54, 1.807) is 23.0 Å². The van der Waals surface area contributed by atoms with E-state index in [2.05, 4.69) is 22.3 Å². The Bertz CT molecular complexity index is 1340. The lowest BCUT2D eigenvalue weighted by Gasteiger charge is -2.40. The van der Waals surface area contributed by atoms with Crippen molar-refractivity contribution in [2.75, 3.05) is 18.4 Å². The smallest absolute Gasteiger partial charge is 0.295 e. The summed E-state index contributed by atoms with van der Waals surface area (Å²) in [6.07, 6.45) is 5.80. The molecule has 7 nitrogen and oxygen atoms in total. The van der Waals surface area contributed by atoms with E-state index in [0.29, 0.717) is 40.2 Å². The van der Waals surface area contributed by atoms with Crippen LogP contribution in [0.4, 0.5) is 6.01 Å². The molecule has 1 amide bonds. The standard InChI is InChI=1S/C26H28ClN5O2/c1-16-6-8-20(18-13-29-31(3)15-18)21(11-16)25(33)32-10-4-5-17(2)23(32)14-28-26-30-22-12-19(27)7-9-24(22)34-26/h6-9,11-13,15,17,23H,4-5,10,14H2,1-3H3,(H,28,30)/t17-,23?/m1/s1. The van der Waals surface area contributed by atoms with Crippen LogP contribution in [0.15, 0.2) is 53.2 Å². The summed E-state index contributed by atoms with van der Waals surface area (Å²) in [6.45, 7) is 5.50. The van der Waals surface area contributed by atoms with Gasteiger partial charge in [0, 0.05) is 42.5 Å². The number of hydrogen-bond donors (Lipinski definition) is 1. The molecule has 1 fully saturated rings. The van der Waals surface area contributed by atoms with Crippen LogP contribution >= 0.6 is 11.6 Å². The van der Waals surface area contributed by atoms with Gasteiger partial charge in [-0.25, -0.2) is 0 Å². The highest BCUT2D eigenvalue weighted by atomic mass is 35.5. The van der Waals surface area contributed by atoms with Crippen LogP contribution in [0, 0.1) is 12.8 Å². The molecule has 2 aromatic heterocycles. The Balaban J connectivity index is 1.41. The fourth-order valence-electron chi connectivity index (χ4n) is 4.78. The first kappa shape index (κ1) is 22.5. The maximum Gasteiger partial charge on any atom is 0.295 e. The Morgan fingerprint density at radius 2 is 2.12 bits per heavy atom. The van der Waals surface area contributed by atoms with Crippen molar-refractivity contribution >= 4 is 34.6 Å². The quantitative estimate of drug-likeness (QED) is 0.408. The van der Waals surface area contributed by atoms with Crippen LogP contribution in [0.5, 0.6) is 0 Å². The van der Waals surface area contributed by atoms with Crippen LogP contribution in [0.25, 0.3) is 22.2 Å². The zero-order valence-electron chi connectivity index (χ0n) is 19.6. The summed E-state index contributed by atoms with van der Waals surface area (Å²) in [4.78, 5) is 20.4. The molecule has 1 unspecified atom stereocenters. The Labute approximate surface area is 203 Å². The minimum Gasteiger partial charge on any atom is -0.424 e. The number of nitrogens with zero attached hydrogens (tertiary/aromatic N) is 4. The first-order valence-corrected chi connectivity index (χ1v) is 12.0. The number of rotatable bonds is 5. The second-order valence-electron chi connectivity index (χ2n) is 9.15. The number of anilines is 1. The fourth-order valence-corrected chi connectivity index (χ4v) is 4.95. The molecule has 34 heavy (non-hydrogen) atoms. The van der Waals surface area contributed by atoms with Crippen molar-refractivity contribution in [3.63, 3.8) is 0 Å². The number of amides is 1. The molecule has 3 heterocycles. The van der Waals surface area contributed by atoms with Crippen molar-refractivity contribution in [2.24, 2.45) is 13.0 Å². The molecule has 8 heteroatoms. The summed E-state index contributed by atoms with van der Waals surface area (Å²) in [7, 11) is 1.88. The number of carbonyl (C=O) groups is 1. The van der Waals surface area contributed by atoms with Gasteiger partial charge in [-0.1, -0.05) is 36.2 Å². The average molecular weight is 478 g/mol. The number of aryl methyl sites for hydroxylation is 2. The number of likely N-dealkylation sites (tertiary alicyclic amines) is 1. The average Bonchev–Trinajstić information content (AvgIpc) is 3.43. The molecular weight excluding hydrogens is 450 g/mol. The Morgan fingerprint density at radius 1 is 1.26 bits per heavy atom. The predicted octanol–water partition coefficient (Wildman–Crippen LogP) is 5.54. The lowest BCUT2D eigenvalue weighted by Crippen LogP contribution is -2.51. The third kappa shape index (κ3) is 4.40. The van der Waals surface area contributed by atoms with Crippen molar-refractivity contribution in [3.05, 3.63) is 64.9 Å². The zero-order valence-corrected chi connectivity index (χ0v) is 20.3. The monoisotopic (exact) mass is 477 g/mol. The number of aromatic nitrogens is 3. The van der Waals surface area contributed by atoms with Crippen molar-refractivity contribution in [1.82, 2.24) is 19.7 Å². The summed E-state index contributed by atoms with van der Waals surface area (Å²) in [5.74, 6) is 0.390. The third-order valence-corrected chi connectivity index (χ3v) is 6.85. The number of nitrogens with one attached hydrogen (secondary N) is 1. The van der Waals surface area contributed by atoms with Crippen molar-refractivity contribution in [3.8, 4) is 11.1 Å². The third-order valence-electron chi connectivity index (χ3n) is 6.61. The van der Waals surface area contributed by atoms with Gasteiger partial charge in [-0.3, -0.25) is 9.48 Å². The molecular formula is C26H28ClN5O2. The summed E-state index contributed by atoms with van der Waals surface area (Å²) in [5.41, 5.74) is 5.00. The summed E-state index contributed by atoms with van der Waals surface area (Å²) < 4.78 is 7.59. The van der Waals surface area contributed by atoms with Gasteiger partial charge in [-0.15, -0.1) is 0 Å². The van der Waals surface area contributed by atoms with Gasteiger partial charge in [0.2, 0.25) is 0 Å². The van der Waals surface area contributed by atoms with E-state index in [-0.39, 0.29) is 11.9 Å². The normalized spacial score (nSPS) is 18.4. The summed E-state index contributed by atoms with van der Waals surface area (Å²) in [5, 5.41) is 8.24. The molecule has 5 rings (SSSR count). The SMILES string of the molecule is Cc1ccc(-c2cnn(C)c2)c(C(=O)N2CCC[C@@H](C)C2CNc2nc3cc(Cl)ccc3o2)c1. The van der Waals surface area contributed by atoms with Gasteiger partial charge in [-0.2, -0.15) is 10.1 Å². The number of carbonyl (C=O) groups excluding carboxylic acids is 1. The summed E-state index contributed by atoms with van der Waals surface area (Å²) >= 11 is 6.08. The molecule has 1 saturated heterocycles. The van der Waals surface area contributed by atoms with Gasteiger partial charge in [0.05, 0.1) is 12.2 Å². The molecule has 0 bridgehead atoms. The molecule has 2 atom stereocenters. The summed E-state index contributed by atoms with van der Waals surface area (Å²) in [6, 6.07) is 11.9. The van der Waals surface area contributed by atoms with Crippen LogP contribution in [0.2, 0.25) is 5.02 Å². The van der Waals surface area contributed by atoms with E-state index < -0.39 is 0 Å². The molecule has 0 radical (unpaired) electrons. The first-order valence-electron chi connectivity index (χ1n) is 11.6. The second kappa shape index (κ2) is 9.14. The number of fused-ring (bicyclic) bond motifs is 1. The lowest BCUT2D eigenvalue weighted by atomic mass is 9.89. The second-order valence-corrected chi connectivity index (χ2v) is 9.59. The van der Waals surface area contributed by atoms with Gasteiger partial charge in [0.1, 0.15) is 5.52 Å². The molecule has 1 aliphatic heterocycles. The highest BCUT2D eigenvalue weighted by Gasteiger charge is 2.33. The number of hydrogen-bond acceptors (Lipinski definition) is 5. The van der Waals surface area contributed by atoms with E-state index in [0.717, 1.165) is 36.1 Å². The Morgan fingerprint density at radius 3 is 2.91 bits per heavy atom. The largest absolute Gasteiger partial charge is 0.424 e. The van der Waals surface area contributed by atoms with E-state index in [9.17, 15) is 4.79 Å². The van der Waals surface area contributed by atoms with E-state index in [4.69, 9.17) is 16.0 Å². The topological polar surface area (TPSA) is 76.2 Å². The van der Waals surface area contributed by atoms with Gasteiger partial charge in [-0.05, 0) is 55.5 Å². The highest BCUT2D eigenvalue weighted by Crippen LogP contribution is 2.30. The number of benzene rings is 2. The Hall–Kier alpha value is -3.32. The van der Waals surface area contributed by atoms with Crippen LogP contribution in [-0.4, -0.2) is 44.7 Å². The lowest BCUT2D eigenvalue weighted by molar-refractivity contribution is 0.0540. The molecule has 1 aliphatic rings.